The molecule has 0 spiro atoms. The van der Waals surface area contributed by atoms with Gasteiger partial charge in [0.25, 0.3) is 0 Å². The van der Waals surface area contributed by atoms with Gasteiger partial charge < -0.3 is 9.67 Å². The van der Waals surface area contributed by atoms with Crippen LogP contribution in [0.2, 0.25) is 0 Å². The predicted molar refractivity (Wildman–Crippen MR) is 77.1 cm³/mol. The first-order chi connectivity index (χ1) is 9.75. The molecule has 2 saturated carbocycles. The molecule has 2 aliphatic rings. The molecule has 1 aromatic heterocycles. The van der Waals surface area contributed by atoms with Gasteiger partial charge in [-0.3, -0.25) is 0 Å². The summed E-state index contributed by atoms with van der Waals surface area (Å²) in [5.74, 6) is -0.137. The number of carboxylic acid groups (broad SMARTS) is 1. The molecule has 2 fully saturated rings. The van der Waals surface area contributed by atoms with Crippen molar-refractivity contribution >= 4 is 5.97 Å². The normalized spacial score (nSPS) is 22.0. The third-order valence-electron chi connectivity index (χ3n) is 4.93. The van der Waals surface area contributed by atoms with Crippen LogP contribution in [-0.2, 0) is 0 Å². The van der Waals surface area contributed by atoms with Crippen molar-refractivity contribution in [1.29, 1.82) is 0 Å². The second-order valence-corrected chi connectivity index (χ2v) is 6.33. The summed E-state index contributed by atoms with van der Waals surface area (Å²) in [6.07, 6.45) is 14.1. The SMILES string of the molecule is O=C(O)c1nc(C2CCCCC2)cn1C1CCCCC1. The highest BCUT2D eigenvalue weighted by Crippen LogP contribution is 2.35. The molecular formula is C16H24N2O2. The molecule has 0 amide bonds. The Morgan fingerprint density at radius 2 is 1.65 bits per heavy atom. The number of nitrogens with zero attached hydrogens (tertiary/aromatic N) is 2. The molecule has 0 unspecified atom stereocenters. The summed E-state index contributed by atoms with van der Waals surface area (Å²) in [5, 5.41) is 9.42. The van der Waals surface area contributed by atoms with Crippen LogP contribution in [0, 0.1) is 0 Å². The molecule has 0 aliphatic heterocycles. The van der Waals surface area contributed by atoms with E-state index in [4.69, 9.17) is 0 Å². The molecule has 2 aliphatic carbocycles. The number of carboxylic acids is 1. The van der Waals surface area contributed by atoms with Crippen molar-refractivity contribution in [3.8, 4) is 0 Å². The summed E-state index contributed by atoms with van der Waals surface area (Å²) in [5.41, 5.74) is 1.02. The Hall–Kier alpha value is -1.32. The van der Waals surface area contributed by atoms with Crippen LogP contribution in [0.4, 0.5) is 0 Å². The number of aromatic carboxylic acids is 1. The van der Waals surface area contributed by atoms with Gasteiger partial charge in [0.15, 0.2) is 0 Å². The highest BCUT2D eigenvalue weighted by Gasteiger charge is 2.26. The van der Waals surface area contributed by atoms with Gasteiger partial charge in [-0.05, 0) is 25.7 Å². The predicted octanol–water partition coefficient (Wildman–Crippen LogP) is 4.13. The highest BCUT2D eigenvalue weighted by molar-refractivity contribution is 5.83. The van der Waals surface area contributed by atoms with Crippen molar-refractivity contribution < 1.29 is 9.90 Å². The molecule has 20 heavy (non-hydrogen) atoms. The zero-order chi connectivity index (χ0) is 13.9. The van der Waals surface area contributed by atoms with Crippen molar-refractivity contribution in [3.63, 3.8) is 0 Å². The molecule has 4 nitrogen and oxygen atoms in total. The van der Waals surface area contributed by atoms with Crippen molar-refractivity contribution in [2.24, 2.45) is 0 Å². The fourth-order valence-corrected chi connectivity index (χ4v) is 3.80. The quantitative estimate of drug-likeness (QED) is 0.903. The smallest absolute Gasteiger partial charge is 0.372 e. The van der Waals surface area contributed by atoms with Gasteiger partial charge in [0.1, 0.15) is 0 Å². The van der Waals surface area contributed by atoms with E-state index in [-0.39, 0.29) is 5.82 Å². The van der Waals surface area contributed by atoms with E-state index in [0.717, 1.165) is 18.5 Å². The zero-order valence-electron chi connectivity index (χ0n) is 12.1. The summed E-state index contributed by atoms with van der Waals surface area (Å²) >= 11 is 0. The number of carbonyl (C=O) groups is 1. The fourth-order valence-electron chi connectivity index (χ4n) is 3.80. The first-order valence-electron chi connectivity index (χ1n) is 8.08. The summed E-state index contributed by atoms with van der Waals surface area (Å²) < 4.78 is 1.96. The van der Waals surface area contributed by atoms with E-state index in [2.05, 4.69) is 11.2 Å². The molecule has 0 saturated heterocycles. The molecule has 0 radical (unpaired) electrons. The average molecular weight is 276 g/mol. The standard InChI is InChI=1S/C16H24N2O2/c19-16(20)15-17-14(12-7-3-1-4-8-12)11-18(15)13-9-5-2-6-10-13/h11-13H,1-10H2,(H,19,20). The van der Waals surface area contributed by atoms with Crippen LogP contribution in [0.3, 0.4) is 0 Å². The molecular weight excluding hydrogens is 252 g/mol. The van der Waals surface area contributed by atoms with E-state index < -0.39 is 5.97 Å². The second-order valence-electron chi connectivity index (χ2n) is 6.33. The maximum absolute atomic E-state index is 11.5. The summed E-state index contributed by atoms with van der Waals surface area (Å²) in [4.78, 5) is 15.9. The molecule has 110 valence electrons. The first kappa shape index (κ1) is 13.7. The Labute approximate surface area is 120 Å². The number of hydrogen-bond donors (Lipinski definition) is 1. The van der Waals surface area contributed by atoms with Crippen LogP contribution < -0.4 is 0 Å². The minimum atomic E-state index is -0.877. The molecule has 1 heterocycles. The molecule has 0 bridgehead atoms. The lowest BCUT2D eigenvalue weighted by Gasteiger charge is -2.24. The summed E-state index contributed by atoms with van der Waals surface area (Å²) in [6, 6.07) is 0.347. The maximum atomic E-state index is 11.5. The van der Waals surface area contributed by atoms with Gasteiger partial charge >= 0.3 is 5.97 Å². The third kappa shape index (κ3) is 2.74. The van der Waals surface area contributed by atoms with E-state index in [1.807, 2.05) is 4.57 Å². The first-order valence-corrected chi connectivity index (χ1v) is 8.08. The van der Waals surface area contributed by atoms with E-state index >= 15 is 0 Å². The van der Waals surface area contributed by atoms with Crippen LogP contribution in [0.25, 0.3) is 0 Å². The molecule has 3 rings (SSSR count). The third-order valence-corrected chi connectivity index (χ3v) is 4.93. The number of aromatic nitrogens is 2. The van der Waals surface area contributed by atoms with E-state index in [1.165, 1.54) is 51.4 Å². The minimum absolute atomic E-state index is 0.262. The lowest BCUT2D eigenvalue weighted by Crippen LogP contribution is -2.17. The second kappa shape index (κ2) is 5.98. The van der Waals surface area contributed by atoms with Crippen molar-refractivity contribution in [2.45, 2.75) is 76.2 Å². The van der Waals surface area contributed by atoms with E-state index in [0.29, 0.717) is 12.0 Å². The van der Waals surface area contributed by atoms with Gasteiger partial charge in [-0.2, -0.15) is 0 Å². The van der Waals surface area contributed by atoms with Crippen molar-refractivity contribution in [3.05, 3.63) is 17.7 Å². The largest absolute Gasteiger partial charge is 0.475 e. The van der Waals surface area contributed by atoms with Crippen molar-refractivity contribution in [1.82, 2.24) is 9.55 Å². The van der Waals surface area contributed by atoms with Gasteiger partial charge in [0.05, 0.1) is 5.69 Å². The maximum Gasteiger partial charge on any atom is 0.372 e. The zero-order valence-corrected chi connectivity index (χ0v) is 12.1. The van der Waals surface area contributed by atoms with Crippen LogP contribution in [0.1, 0.15) is 92.5 Å². The summed E-state index contributed by atoms with van der Waals surface area (Å²) in [6.45, 7) is 0. The molecule has 0 aromatic carbocycles. The molecule has 1 N–H and O–H groups in total. The number of rotatable bonds is 3. The van der Waals surface area contributed by atoms with Gasteiger partial charge in [0.2, 0.25) is 5.82 Å². The van der Waals surface area contributed by atoms with Crippen molar-refractivity contribution in [2.75, 3.05) is 0 Å². The topological polar surface area (TPSA) is 55.1 Å². The fraction of sp³-hybridized carbons (Fsp3) is 0.750. The number of hydrogen-bond acceptors (Lipinski definition) is 2. The lowest BCUT2D eigenvalue weighted by molar-refractivity contribution is 0.0673. The van der Waals surface area contributed by atoms with E-state index in [9.17, 15) is 9.90 Å². The Bertz CT molecular complexity index is 469. The van der Waals surface area contributed by atoms with Gasteiger partial charge in [-0.1, -0.05) is 38.5 Å². The lowest BCUT2D eigenvalue weighted by atomic mass is 9.87. The van der Waals surface area contributed by atoms with E-state index in [1.54, 1.807) is 0 Å². The molecule has 1 aromatic rings. The summed E-state index contributed by atoms with van der Waals surface area (Å²) in [7, 11) is 0. The van der Waals surface area contributed by atoms with Crippen LogP contribution >= 0.6 is 0 Å². The van der Waals surface area contributed by atoms with Crippen LogP contribution in [0.5, 0.6) is 0 Å². The van der Waals surface area contributed by atoms with Crippen LogP contribution in [0.15, 0.2) is 6.20 Å². The Balaban J connectivity index is 1.87. The average Bonchev–Trinajstić information content (AvgIpc) is 2.94. The van der Waals surface area contributed by atoms with Gasteiger partial charge in [-0.25, -0.2) is 9.78 Å². The molecule has 0 atom stereocenters. The minimum Gasteiger partial charge on any atom is -0.475 e. The Morgan fingerprint density at radius 1 is 1.05 bits per heavy atom. The van der Waals surface area contributed by atoms with Crippen LogP contribution in [-0.4, -0.2) is 20.6 Å². The molecule has 4 heteroatoms. The van der Waals surface area contributed by atoms with Gasteiger partial charge in [0, 0.05) is 18.2 Å². The highest BCUT2D eigenvalue weighted by atomic mass is 16.4. The monoisotopic (exact) mass is 276 g/mol. The number of imidazole rings is 1. The Morgan fingerprint density at radius 3 is 2.25 bits per heavy atom. The van der Waals surface area contributed by atoms with Gasteiger partial charge in [-0.15, -0.1) is 0 Å². The Kier molecular flexibility index (Phi) is 4.08.